The maximum absolute atomic E-state index is 10.5. The molecule has 0 atom stereocenters. The van der Waals surface area contributed by atoms with Crippen molar-refractivity contribution >= 4 is 12.2 Å². The molecule has 2 aromatic rings. The summed E-state index contributed by atoms with van der Waals surface area (Å²) in [5.41, 5.74) is 6.53. The molecule has 0 saturated carbocycles. The van der Waals surface area contributed by atoms with Crippen molar-refractivity contribution in [1.29, 1.82) is 0 Å². The molecule has 0 radical (unpaired) electrons. The Balaban J connectivity index is 2.62. The van der Waals surface area contributed by atoms with Gasteiger partial charge in [-0.3, -0.25) is 0 Å². The van der Waals surface area contributed by atoms with Crippen LogP contribution in [0, 0.1) is 6.92 Å². The minimum atomic E-state index is 0.0858. The molecule has 0 aromatic heterocycles. The molecule has 3 nitrogen and oxygen atoms in total. The van der Waals surface area contributed by atoms with Crippen molar-refractivity contribution in [2.45, 2.75) is 47.5 Å². The average molecular weight is 379 g/mol. The van der Waals surface area contributed by atoms with Crippen LogP contribution in [0.3, 0.4) is 0 Å². The minimum Gasteiger partial charge on any atom is -0.508 e. The zero-order valence-corrected chi connectivity index (χ0v) is 17.4. The Morgan fingerprint density at radius 1 is 0.750 bits per heavy atom. The Morgan fingerprint density at radius 3 is 1.75 bits per heavy atom. The number of benzene rings is 2. The maximum Gasteiger partial charge on any atom is 0.123 e. The van der Waals surface area contributed by atoms with Crippen LogP contribution in [0.5, 0.6) is 17.2 Å². The Morgan fingerprint density at radius 2 is 1.29 bits per heavy atom. The zero-order valence-electron chi connectivity index (χ0n) is 17.4. The lowest BCUT2D eigenvalue weighted by atomic mass is 9.93. The van der Waals surface area contributed by atoms with E-state index in [9.17, 15) is 15.3 Å². The zero-order chi connectivity index (χ0) is 20.8. The van der Waals surface area contributed by atoms with Crippen LogP contribution < -0.4 is 0 Å². The third-order valence-corrected chi connectivity index (χ3v) is 4.50. The first-order chi connectivity index (χ1) is 13.2. The Bertz CT molecular complexity index is 874. The third-order valence-electron chi connectivity index (χ3n) is 4.50. The molecule has 148 valence electrons. The van der Waals surface area contributed by atoms with Crippen LogP contribution in [-0.2, 0) is 12.8 Å². The lowest BCUT2D eigenvalue weighted by Crippen LogP contribution is -1.97. The van der Waals surface area contributed by atoms with Gasteiger partial charge in [0.2, 0.25) is 0 Å². The third kappa shape index (κ3) is 5.78. The molecule has 0 aliphatic carbocycles. The van der Waals surface area contributed by atoms with E-state index in [1.54, 1.807) is 12.1 Å². The van der Waals surface area contributed by atoms with E-state index >= 15 is 0 Å². The molecule has 28 heavy (non-hydrogen) atoms. The monoisotopic (exact) mass is 378 g/mol. The van der Waals surface area contributed by atoms with Gasteiger partial charge in [0, 0.05) is 17.2 Å². The van der Waals surface area contributed by atoms with Crippen molar-refractivity contribution in [3.63, 3.8) is 0 Å². The van der Waals surface area contributed by atoms with Crippen LogP contribution in [0.15, 0.2) is 47.6 Å². The number of allylic oxidation sites excluding steroid dienone is 4. The highest BCUT2D eigenvalue weighted by Crippen LogP contribution is 2.35. The summed E-state index contributed by atoms with van der Waals surface area (Å²) < 4.78 is 0. The molecule has 2 aromatic carbocycles. The molecular formula is C25H30O3. The van der Waals surface area contributed by atoms with Crippen molar-refractivity contribution in [3.8, 4) is 17.2 Å². The predicted molar refractivity (Wildman–Crippen MR) is 118 cm³/mol. The smallest absolute Gasteiger partial charge is 0.123 e. The van der Waals surface area contributed by atoms with Gasteiger partial charge in [0.05, 0.1) is 0 Å². The summed E-state index contributed by atoms with van der Waals surface area (Å²) in [7, 11) is 0. The summed E-state index contributed by atoms with van der Waals surface area (Å²) >= 11 is 0. The molecule has 0 fully saturated rings. The molecule has 3 heteroatoms. The predicted octanol–water partition coefficient (Wildman–Crippen LogP) is 6.30. The van der Waals surface area contributed by atoms with Gasteiger partial charge in [-0.15, -0.1) is 0 Å². The van der Waals surface area contributed by atoms with E-state index in [0.29, 0.717) is 12.8 Å². The molecule has 3 N–H and O–H groups in total. The fourth-order valence-electron chi connectivity index (χ4n) is 3.07. The van der Waals surface area contributed by atoms with Crippen molar-refractivity contribution in [1.82, 2.24) is 0 Å². The van der Waals surface area contributed by atoms with E-state index in [2.05, 4.69) is 12.2 Å². The van der Waals surface area contributed by atoms with Gasteiger partial charge in [-0.1, -0.05) is 41.5 Å². The van der Waals surface area contributed by atoms with Crippen LogP contribution in [0.25, 0.3) is 12.2 Å². The molecule has 0 bridgehead atoms. The van der Waals surface area contributed by atoms with E-state index in [1.165, 1.54) is 6.07 Å². The summed E-state index contributed by atoms with van der Waals surface area (Å²) in [5.74, 6) is 0.387. The van der Waals surface area contributed by atoms with E-state index in [4.69, 9.17) is 0 Å². The lowest BCUT2D eigenvalue weighted by molar-refractivity contribution is 0.443. The number of hydrogen-bond donors (Lipinski definition) is 3. The van der Waals surface area contributed by atoms with Crippen LogP contribution in [0.2, 0.25) is 0 Å². The van der Waals surface area contributed by atoms with Gasteiger partial charge in [-0.2, -0.15) is 0 Å². The van der Waals surface area contributed by atoms with Crippen LogP contribution in [0.1, 0.15) is 55.5 Å². The molecule has 0 aliphatic rings. The van der Waals surface area contributed by atoms with Crippen LogP contribution >= 0.6 is 0 Å². The summed E-state index contributed by atoms with van der Waals surface area (Å²) in [5, 5.41) is 30.8. The maximum atomic E-state index is 10.5. The van der Waals surface area contributed by atoms with Gasteiger partial charge in [-0.25, -0.2) is 0 Å². The van der Waals surface area contributed by atoms with E-state index in [1.807, 2.05) is 52.8 Å². The number of aromatic hydroxyl groups is 3. The average Bonchev–Trinajstić information content (AvgIpc) is 2.57. The second-order valence-corrected chi connectivity index (χ2v) is 7.69. The SMILES string of the molecule is CC(C)=CCc1c(O)cc(O)c(CC=C(C)C)c1/C=C/c1cc(C)cc(O)c1. The summed E-state index contributed by atoms with van der Waals surface area (Å²) in [6.45, 7) is 10.0. The minimum absolute atomic E-state index is 0.0858. The number of hydrogen-bond acceptors (Lipinski definition) is 3. The normalized spacial score (nSPS) is 10.9. The number of phenolic OH excluding ortho intramolecular Hbond substituents is 3. The molecule has 0 amide bonds. The fourth-order valence-corrected chi connectivity index (χ4v) is 3.07. The number of rotatable bonds is 6. The van der Waals surface area contributed by atoms with E-state index in [0.717, 1.165) is 39.0 Å². The first-order valence-corrected chi connectivity index (χ1v) is 9.49. The van der Waals surface area contributed by atoms with Gasteiger partial charge in [0.15, 0.2) is 0 Å². The van der Waals surface area contributed by atoms with Gasteiger partial charge in [0.25, 0.3) is 0 Å². The van der Waals surface area contributed by atoms with Crippen molar-refractivity contribution in [3.05, 3.63) is 75.4 Å². The molecule has 2 rings (SSSR count). The highest BCUT2D eigenvalue weighted by Gasteiger charge is 2.15. The fraction of sp³-hybridized carbons (Fsp3) is 0.280. The largest absolute Gasteiger partial charge is 0.508 e. The first-order valence-electron chi connectivity index (χ1n) is 9.49. The second-order valence-electron chi connectivity index (χ2n) is 7.69. The second kappa shape index (κ2) is 9.32. The number of aryl methyl sites for hydroxylation is 1. The number of phenols is 3. The van der Waals surface area contributed by atoms with Gasteiger partial charge >= 0.3 is 0 Å². The molecule has 0 saturated heterocycles. The summed E-state index contributed by atoms with van der Waals surface area (Å²) in [6, 6.07) is 6.80. The standard InChI is InChI=1S/C25H30O3/c1-16(2)6-9-22-21(11-8-19-12-18(5)13-20(26)14-19)23(10-7-17(3)4)25(28)15-24(22)27/h6-8,11-15,26-28H,9-10H2,1-5H3/b11-8+. The summed E-state index contributed by atoms with van der Waals surface area (Å²) in [4.78, 5) is 0. The first kappa shape index (κ1) is 21.4. The van der Waals surface area contributed by atoms with Gasteiger partial charge in [-0.05, 0) is 76.3 Å². The van der Waals surface area contributed by atoms with E-state index in [-0.39, 0.29) is 17.2 Å². The molecule has 0 heterocycles. The molecule has 0 aliphatic heterocycles. The molecule has 0 unspecified atom stereocenters. The highest BCUT2D eigenvalue weighted by atomic mass is 16.3. The summed E-state index contributed by atoms with van der Waals surface area (Å²) in [6.07, 6.45) is 9.10. The Kier molecular flexibility index (Phi) is 7.11. The highest BCUT2D eigenvalue weighted by molar-refractivity contribution is 5.76. The van der Waals surface area contributed by atoms with Crippen molar-refractivity contribution < 1.29 is 15.3 Å². The molecule has 0 spiro atoms. The van der Waals surface area contributed by atoms with E-state index < -0.39 is 0 Å². The Labute approximate surface area is 168 Å². The lowest BCUT2D eigenvalue weighted by Gasteiger charge is -2.15. The van der Waals surface area contributed by atoms with Crippen LogP contribution in [0.4, 0.5) is 0 Å². The Hall–Kier alpha value is -2.94. The topological polar surface area (TPSA) is 60.7 Å². The van der Waals surface area contributed by atoms with Gasteiger partial charge in [0.1, 0.15) is 17.2 Å². The van der Waals surface area contributed by atoms with Crippen LogP contribution in [-0.4, -0.2) is 15.3 Å². The quantitative estimate of drug-likeness (QED) is 0.408. The molecular weight excluding hydrogens is 348 g/mol. The van der Waals surface area contributed by atoms with Crippen molar-refractivity contribution in [2.75, 3.05) is 0 Å². The van der Waals surface area contributed by atoms with Crippen molar-refractivity contribution in [2.24, 2.45) is 0 Å². The van der Waals surface area contributed by atoms with Gasteiger partial charge < -0.3 is 15.3 Å².